The van der Waals surface area contributed by atoms with Crippen LogP contribution in [0.4, 0.5) is 35.1 Å². The largest absolute Gasteiger partial charge is 0.378 e. The molecule has 1 aromatic carbocycles. The van der Waals surface area contributed by atoms with Crippen LogP contribution < -0.4 is 0 Å². The van der Waals surface area contributed by atoms with E-state index in [0.717, 1.165) is 0 Å². The van der Waals surface area contributed by atoms with Gasteiger partial charge in [0.1, 0.15) is 0 Å². The fourth-order valence-electron chi connectivity index (χ4n) is 1.80. The summed E-state index contributed by atoms with van der Waals surface area (Å²) < 4.78 is 103. The highest BCUT2D eigenvalue weighted by Crippen LogP contribution is 2.50. The number of H-pyrrole nitrogens is 1. The molecule has 0 radical (unpaired) electrons. The second-order valence-corrected chi connectivity index (χ2v) is 5.71. The van der Waals surface area contributed by atoms with Crippen LogP contribution in [0.15, 0.2) is 35.4 Å². The number of alkyl halides is 8. The highest BCUT2D eigenvalue weighted by molar-refractivity contribution is 7.99. The van der Waals surface area contributed by atoms with Gasteiger partial charge in [0.2, 0.25) is 0 Å². The molecule has 1 N–H and O–H groups in total. The number of para-hydroxylation sites is 1. The van der Waals surface area contributed by atoms with Gasteiger partial charge in [-0.3, -0.25) is 0 Å². The van der Waals surface area contributed by atoms with E-state index in [0.29, 0.717) is 10.9 Å². The summed E-state index contributed by atoms with van der Waals surface area (Å²) in [5.41, 5.74) is 0.531. The fraction of sp³-hybridized carbons (Fsp3) is 0.385. The molecule has 0 spiro atoms. The summed E-state index contributed by atoms with van der Waals surface area (Å²) >= 11 is 0.179. The number of hydrogen-bond donors (Lipinski definition) is 1. The summed E-state index contributed by atoms with van der Waals surface area (Å²) in [6.07, 6.45) is -3.66. The number of aromatic nitrogens is 1. The van der Waals surface area contributed by atoms with Crippen LogP contribution in [-0.4, -0.2) is 34.9 Å². The van der Waals surface area contributed by atoms with Gasteiger partial charge in [0.15, 0.2) is 0 Å². The normalized spacial score (nSPS) is 14.0. The van der Waals surface area contributed by atoms with Crippen molar-refractivity contribution >= 4 is 22.7 Å². The molecule has 0 amide bonds. The van der Waals surface area contributed by atoms with Crippen molar-refractivity contribution in [2.45, 2.75) is 29.1 Å². The van der Waals surface area contributed by atoms with E-state index >= 15 is 0 Å². The number of fused-ring (bicyclic) bond motifs is 1. The van der Waals surface area contributed by atoms with E-state index in [-0.39, 0.29) is 16.7 Å². The molecular weight excluding hydrogens is 354 g/mol. The Morgan fingerprint density at radius 2 is 1.61 bits per heavy atom. The zero-order chi connectivity index (χ0) is 17.5. The summed E-state index contributed by atoms with van der Waals surface area (Å²) in [6.45, 7) is 0. The lowest BCUT2D eigenvalue weighted by Crippen LogP contribution is -2.58. The average molecular weight is 363 g/mol. The van der Waals surface area contributed by atoms with Gasteiger partial charge < -0.3 is 4.98 Å². The maximum atomic E-state index is 13.5. The Kier molecular flexibility index (Phi) is 4.57. The van der Waals surface area contributed by atoms with Crippen molar-refractivity contribution in [3.05, 3.63) is 30.5 Å². The third kappa shape index (κ3) is 3.00. The second kappa shape index (κ2) is 5.88. The van der Waals surface area contributed by atoms with Crippen LogP contribution in [-0.2, 0) is 0 Å². The molecule has 2 rings (SSSR count). The molecular formula is C13H9F8NS. The molecule has 10 heteroatoms. The molecule has 2 aromatic rings. The molecule has 0 atom stereocenters. The van der Waals surface area contributed by atoms with Gasteiger partial charge in [-0.15, -0.1) is 11.8 Å². The van der Waals surface area contributed by atoms with Gasteiger partial charge in [-0.1, -0.05) is 18.2 Å². The molecule has 0 aliphatic rings. The van der Waals surface area contributed by atoms with Crippen molar-refractivity contribution in [3.8, 4) is 0 Å². The Hall–Kier alpha value is -1.45. The maximum Gasteiger partial charge on any atom is 0.378 e. The number of halogens is 8. The molecule has 0 fully saturated rings. The number of rotatable bonds is 6. The molecule has 0 unspecified atom stereocenters. The zero-order valence-electron chi connectivity index (χ0n) is 11.1. The average Bonchev–Trinajstić information content (AvgIpc) is 2.88. The van der Waals surface area contributed by atoms with Gasteiger partial charge in [-0.05, 0) is 6.07 Å². The van der Waals surface area contributed by atoms with E-state index in [9.17, 15) is 35.1 Å². The van der Waals surface area contributed by atoms with Crippen molar-refractivity contribution in [1.29, 1.82) is 0 Å². The Balaban J connectivity index is 2.21. The predicted molar refractivity (Wildman–Crippen MR) is 69.9 cm³/mol. The van der Waals surface area contributed by atoms with Crippen molar-refractivity contribution in [2.75, 3.05) is 5.75 Å². The first-order chi connectivity index (χ1) is 10.5. The quantitative estimate of drug-likeness (QED) is 0.534. The standard InChI is InChI=1S/C13H9F8NS/c14-10(15)12(18,19)13(20,21)11(16,17)6-23-9-5-22-8-4-2-1-3-7(8)9/h1-5,10,22H,6H2. The van der Waals surface area contributed by atoms with Crippen molar-refractivity contribution in [3.63, 3.8) is 0 Å². The fourth-order valence-corrected chi connectivity index (χ4v) is 2.80. The van der Waals surface area contributed by atoms with Crippen molar-refractivity contribution in [1.82, 2.24) is 4.98 Å². The van der Waals surface area contributed by atoms with E-state index < -0.39 is 29.9 Å². The Bertz CT molecular complexity index is 681. The summed E-state index contributed by atoms with van der Waals surface area (Å²) in [5.74, 6) is -19.4. The SMILES string of the molecule is FC(F)C(F)(F)C(F)(F)C(F)(F)CSc1c[nH]c2ccccc12. The molecule has 1 aromatic heterocycles. The summed E-state index contributed by atoms with van der Waals surface area (Å²) in [6, 6.07) is 6.31. The van der Waals surface area contributed by atoms with Crippen LogP contribution in [0.1, 0.15) is 0 Å². The van der Waals surface area contributed by atoms with E-state index in [1.807, 2.05) is 0 Å². The van der Waals surface area contributed by atoms with E-state index in [4.69, 9.17) is 0 Å². The third-order valence-corrected chi connectivity index (χ3v) is 4.27. The zero-order valence-corrected chi connectivity index (χ0v) is 11.9. The molecule has 0 bridgehead atoms. The molecule has 128 valence electrons. The highest BCUT2D eigenvalue weighted by atomic mass is 32.2. The van der Waals surface area contributed by atoms with Gasteiger partial charge in [0.05, 0.1) is 5.75 Å². The van der Waals surface area contributed by atoms with Crippen LogP contribution in [0.2, 0.25) is 0 Å². The van der Waals surface area contributed by atoms with Gasteiger partial charge in [-0.2, -0.15) is 26.3 Å². The lowest BCUT2D eigenvalue weighted by molar-refractivity contribution is -0.331. The van der Waals surface area contributed by atoms with Gasteiger partial charge in [0.25, 0.3) is 0 Å². The minimum Gasteiger partial charge on any atom is -0.360 e. The van der Waals surface area contributed by atoms with Crippen LogP contribution in [0.3, 0.4) is 0 Å². The van der Waals surface area contributed by atoms with Crippen molar-refractivity contribution < 1.29 is 35.1 Å². The smallest absolute Gasteiger partial charge is 0.360 e. The molecule has 1 nitrogen and oxygen atoms in total. The second-order valence-electron chi connectivity index (χ2n) is 4.69. The lowest BCUT2D eigenvalue weighted by Gasteiger charge is -2.32. The summed E-state index contributed by atoms with van der Waals surface area (Å²) in [5, 5.41) is 0.428. The topological polar surface area (TPSA) is 15.8 Å². The Labute approximate surface area is 129 Å². The maximum absolute atomic E-state index is 13.5. The first kappa shape index (κ1) is 17.9. The van der Waals surface area contributed by atoms with Crippen molar-refractivity contribution in [2.24, 2.45) is 0 Å². The van der Waals surface area contributed by atoms with Crippen LogP contribution >= 0.6 is 11.8 Å². The lowest BCUT2D eigenvalue weighted by atomic mass is 10.1. The van der Waals surface area contributed by atoms with Crippen LogP contribution in [0, 0.1) is 0 Å². The van der Waals surface area contributed by atoms with Crippen LogP contribution in [0.5, 0.6) is 0 Å². The summed E-state index contributed by atoms with van der Waals surface area (Å²) in [4.78, 5) is 2.81. The molecule has 0 aliphatic heterocycles. The molecule has 1 heterocycles. The van der Waals surface area contributed by atoms with E-state index in [1.165, 1.54) is 12.3 Å². The molecule has 0 saturated carbocycles. The first-order valence-electron chi connectivity index (χ1n) is 6.11. The van der Waals surface area contributed by atoms with Gasteiger partial charge in [0, 0.05) is 22.0 Å². The Morgan fingerprint density at radius 3 is 2.22 bits per heavy atom. The summed E-state index contributed by atoms with van der Waals surface area (Å²) in [7, 11) is 0. The monoisotopic (exact) mass is 363 g/mol. The molecule has 0 saturated heterocycles. The molecule has 23 heavy (non-hydrogen) atoms. The molecule has 0 aliphatic carbocycles. The van der Waals surface area contributed by atoms with Crippen LogP contribution in [0.25, 0.3) is 10.9 Å². The van der Waals surface area contributed by atoms with E-state index in [1.54, 1.807) is 18.2 Å². The third-order valence-electron chi connectivity index (χ3n) is 3.11. The number of hydrogen-bond acceptors (Lipinski definition) is 1. The number of nitrogens with one attached hydrogen (secondary N) is 1. The van der Waals surface area contributed by atoms with E-state index in [2.05, 4.69) is 4.98 Å². The number of thioether (sulfide) groups is 1. The number of benzene rings is 1. The van der Waals surface area contributed by atoms with Gasteiger partial charge in [-0.25, -0.2) is 8.78 Å². The van der Waals surface area contributed by atoms with Gasteiger partial charge >= 0.3 is 24.2 Å². The first-order valence-corrected chi connectivity index (χ1v) is 7.10. The Morgan fingerprint density at radius 1 is 1.00 bits per heavy atom. The predicted octanol–water partition coefficient (Wildman–Crippen LogP) is 5.43. The minimum absolute atomic E-state index is 0.122. The highest BCUT2D eigenvalue weighted by Gasteiger charge is 2.75. The minimum atomic E-state index is -6.17. The number of aromatic amines is 1.